The van der Waals surface area contributed by atoms with Crippen molar-refractivity contribution in [3.05, 3.63) is 90.1 Å². The number of halogens is 2. The van der Waals surface area contributed by atoms with Crippen LogP contribution < -0.4 is 20.3 Å². The first-order valence-electron chi connectivity index (χ1n) is 19.5. The summed E-state index contributed by atoms with van der Waals surface area (Å²) in [5, 5.41) is 12.9. The van der Waals surface area contributed by atoms with E-state index in [0.717, 1.165) is 41.9 Å². The van der Waals surface area contributed by atoms with E-state index in [1.807, 2.05) is 7.05 Å². The molecular formula is C42H40F2N10O3S. The van der Waals surface area contributed by atoms with Crippen molar-refractivity contribution in [1.29, 1.82) is 0 Å². The maximum atomic E-state index is 16.9. The minimum atomic E-state index is -3.85. The summed E-state index contributed by atoms with van der Waals surface area (Å²) in [5.41, 5.74) is 1.26. The van der Waals surface area contributed by atoms with E-state index in [4.69, 9.17) is 16.1 Å². The van der Waals surface area contributed by atoms with Crippen molar-refractivity contribution in [1.82, 2.24) is 39.3 Å². The average molecular weight is 803 g/mol. The largest absolute Gasteiger partial charge is 0.462 e. The molecule has 0 amide bonds. The third kappa shape index (κ3) is 6.56. The highest BCUT2D eigenvalue weighted by Gasteiger charge is 2.35. The van der Waals surface area contributed by atoms with E-state index >= 15 is 4.39 Å². The van der Waals surface area contributed by atoms with Crippen LogP contribution in [0.15, 0.2) is 72.0 Å². The van der Waals surface area contributed by atoms with Gasteiger partial charge in [0.2, 0.25) is 0 Å². The van der Waals surface area contributed by atoms with E-state index in [0.29, 0.717) is 65.1 Å². The van der Waals surface area contributed by atoms with Crippen molar-refractivity contribution in [3.63, 3.8) is 0 Å². The Hall–Kier alpha value is -5.76. The van der Waals surface area contributed by atoms with Crippen LogP contribution in [0, 0.1) is 24.0 Å². The molecule has 10 rings (SSSR count). The van der Waals surface area contributed by atoms with Crippen LogP contribution in [0.2, 0.25) is 0 Å². The van der Waals surface area contributed by atoms with E-state index in [-0.39, 0.29) is 52.3 Å². The first-order valence-corrected chi connectivity index (χ1v) is 21.0. The highest BCUT2D eigenvalue weighted by molar-refractivity contribution is 7.89. The zero-order chi connectivity index (χ0) is 39.7. The standard InChI is InChI=1S/C42H40F2N10O3S/c1-3-32-35(43)16-9-24-5-4-6-33(36(24)32)38-37(44)39-34(18-45-38)41(53-20-27-10-11-28(21-53)48-27)50-42(49-39)57-22-30-17-29(19-52(30)2)47-26-12-14-31(15-13-26)58(55,56)54-23-46-40(51-54)25-7-8-25/h1,4-6,9,12-16,18,23,25,27-30,47-48H,7-8,10-11,17,19-22H2,2H3/t27-,28+,29-,30+/m1/s1. The van der Waals surface area contributed by atoms with E-state index in [1.165, 1.54) is 12.4 Å². The molecule has 2 N–H and O–H groups in total. The highest BCUT2D eigenvalue weighted by Crippen LogP contribution is 2.39. The predicted molar refractivity (Wildman–Crippen MR) is 215 cm³/mol. The Morgan fingerprint density at radius 3 is 2.53 bits per heavy atom. The SMILES string of the molecule is C#Cc1c(F)ccc2cccc(-c3ncc4c(N5C[C@H]6CC[C@@H](C5)N6)nc(OC[C@@H]5C[C@@H](Nc6ccc(S(=O)(=O)n7cnc(C8CC8)n7)cc6)CN5C)nc4c3F)c12. The first-order chi connectivity index (χ1) is 28.1. The third-order valence-corrected chi connectivity index (χ3v) is 13.4. The summed E-state index contributed by atoms with van der Waals surface area (Å²) in [7, 11) is -1.84. The first kappa shape index (κ1) is 36.6. The number of benzene rings is 3. The Morgan fingerprint density at radius 1 is 0.983 bits per heavy atom. The lowest BCUT2D eigenvalue weighted by molar-refractivity contribution is 0.188. The second-order valence-electron chi connectivity index (χ2n) is 15.8. The smallest absolute Gasteiger partial charge is 0.319 e. The summed E-state index contributed by atoms with van der Waals surface area (Å²) in [6, 6.07) is 15.5. The Morgan fingerprint density at radius 2 is 1.78 bits per heavy atom. The Kier molecular flexibility index (Phi) is 8.99. The number of likely N-dealkylation sites (tertiary alicyclic amines) is 1. The van der Waals surface area contributed by atoms with Gasteiger partial charge in [-0.1, -0.05) is 30.2 Å². The number of hydrogen-bond donors (Lipinski definition) is 2. The molecule has 1 saturated carbocycles. The van der Waals surface area contributed by atoms with E-state index in [9.17, 15) is 12.8 Å². The molecular weight excluding hydrogens is 763 g/mol. The lowest BCUT2D eigenvalue weighted by Crippen LogP contribution is -2.51. The summed E-state index contributed by atoms with van der Waals surface area (Å²) >= 11 is 0. The molecule has 13 nitrogen and oxygen atoms in total. The van der Waals surface area contributed by atoms with Crippen LogP contribution in [-0.4, -0.2) is 99.9 Å². The number of fused-ring (bicyclic) bond motifs is 4. The van der Waals surface area contributed by atoms with Gasteiger partial charge in [-0.15, -0.1) is 15.6 Å². The fourth-order valence-electron chi connectivity index (χ4n) is 8.70. The molecule has 0 unspecified atom stereocenters. The fraction of sp³-hybridized carbons (Fsp3) is 0.357. The molecule has 4 fully saturated rings. The van der Waals surface area contributed by atoms with Crippen molar-refractivity contribution in [2.75, 3.05) is 43.5 Å². The van der Waals surface area contributed by atoms with Gasteiger partial charge in [-0.2, -0.15) is 18.4 Å². The van der Waals surface area contributed by atoms with Gasteiger partial charge < -0.3 is 20.3 Å². The number of ether oxygens (including phenoxy) is 1. The molecule has 0 radical (unpaired) electrons. The number of piperazine rings is 1. The maximum Gasteiger partial charge on any atom is 0.319 e. The summed E-state index contributed by atoms with van der Waals surface area (Å²) in [6.07, 6.45) is 13.4. The molecule has 3 aromatic heterocycles. The molecule has 4 atom stereocenters. The molecule has 4 aliphatic rings. The number of anilines is 2. The van der Waals surface area contributed by atoms with Gasteiger partial charge in [0.1, 0.15) is 35.8 Å². The van der Waals surface area contributed by atoms with E-state index in [2.05, 4.69) is 46.4 Å². The summed E-state index contributed by atoms with van der Waals surface area (Å²) < 4.78 is 65.5. The van der Waals surface area contributed by atoms with Gasteiger partial charge in [0, 0.05) is 72.6 Å². The Balaban J connectivity index is 0.900. The second-order valence-corrected chi connectivity index (χ2v) is 17.6. The normalized spacial score (nSPS) is 22.1. The predicted octanol–water partition coefficient (Wildman–Crippen LogP) is 5.31. The summed E-state index contributed by atoms with van der Waals surface area (Å²) in [5.74, 6) is 2.58. The van der Waals surface area contributed by atoms with Crippen LogP contribution in [0.5, 0.6) is 6.01 Å². The quantitative estimate of drug-likeness (QED) is 0.173. The third-order valence-electron chi connectivity index (χ3n) is 11.8. The highest BCUT2D eigenvalue weighted by atomic mass is 32.2. The lowest BCUT2D eigenvalue weighted by atomic mass is 9.96. The van der Waals surface area contributed by atoms with Crippen molar-refractivity contribution < 1.29 is 21.9 Å². The van der Waals surface area contributed by atoms with Gasteiger partial charge in [-0.05, 0) is 74.9 Å². The van der Waals surface area contributed by atoms with Crippen molar-refractivity contribution in [2.45, 2.75) is 67.1 Å². The minimum Gasteiger partial charge on any atom is -0.462 e. The molecule has 0 spiro atoms. The van der Waals surface area contributed by atoms with Crippen LogP contribution in [0.3, 0.4) is 0 Å². The van der Waals surface area contributed by atoms with Crippen LogP contribution in [0.4, 0.5) is 20.3 Å². The van der Waals surface area contributed by atoms with Gasteiger partial charge in [-0.25, -0.2) is 13.8 Å². The maximum absolute atomic E-state index is 16.9. The number of hydrogen-bond acceptors (Lipinski definition) is 12. The van der Waals surface area contributed by atoms with E-state index < -0.39 is 21.7 Å². The topological polar surface area (TPSA) is 143 Å². The van der Waals surface area contributed by atoms with Crippen LogP contribution >= 0.6 is 0 Å². The summed E-state index contributed by atoms with van der Waals surface area (Å²) in [4.78, 5) is 22.8. The number of nitrogens with zero attached hydrogens (tertiary/aromatic N) is 8. The number of aromatic nitrogens is 6. The van der Waals surface area contributed by atoms with Crippen molar-refractivity contribution in [3.8, 4) is 29.6 Å². The van der Waals surface area contributed by atoms with Crippen LogP contribution in [0.25, 0.3) is 32.9 Å². The zero-order valence-electron chi connectivity index (χ0n) is 31.6. The molecule has 2 bridgehead atoms. The van der Waals surface area contributed by atoms with Crippen molar-refractivity contribution >= 4 is 43.2 Å². The molecule has 16 heteroatoms. The number of nitrogens with one attached hydrogen (secondary N) is 2. The molecule has 1 aliphatic carbocycles. The van der Waals surface area contributed by atoms with E-state index in [1.54, 1.807) is 54.7 Å². The number of likely N-dealkylation sites (N-methyl/N-ethyl adjacent to an activating group) is 1. The number of terminal acetylenes is 1. The van der Waals surface area contributed by atoms with Gasteiger partial charge in [0.25, 0.3) is 10.0 Å². The van der Waals surface area contributed by atoms with Gasteiger partial charge in [0.15, 0.2) is 11.6 Å². The minimum absolute atomic E-state index is 0.00682. The molecule has 6 aromatic rings. The van der Waals surface area contributed by atoms with Gasteiger partial charge in [0.05, 0.1) is 15.8 Å². The van der Waals surface area contributed by atoms with Crippen molar-refractivity contribution in [2.24, 2.45) is 0 Å². The molecule has 296 valence electrons. The van der Waals surface area contributed by atoms with Gasteiger partial charge in [-0.3, -0.25) is 9.88 Å². The molecule has 6 heterocycles. The van der Waals surface area contributed by atoms with Gasteiger partial charge >= 0.3 is 6.01 Å². The second kappa shape index (κ2) is 14.3. The monoisotopic (exact) mass is 802 g/mol. The average Bonchev–Trinajstić information content (AvgIpc) is 3.69. The Bertz CT molecular complexity index is 2720. The number of rotatable bonds is 10. The number of pyridine rings is 1. The fourth-order valence-corrected chi connectivity index (χ4v) is 9.76. The van der Waals surface area contributed by atoms with Crippen LogP contribution in [-0.2, 0) is 10.0 Å². The lowest BCUT2D eigenvalue weighted by Gasteiger charge is -2.34. The molecule has 3 saturated heterocycles. The molecule has 3 aromatic carbocycles. The Labute approximate surface area is 333 Å². The zero-order valence-corrected chi connectivity index (χ0v) is 32.5. The van der Waals surface area contributed by atoms with Crippen LogP contribution in [0.1, 0.15) is 49.4 Å². The molecule has 58 heavy (non-hydrogen) atoms. The summed E-state index contributed by atoms with van der Waals surface area (Å²) in [6.45, 7) is 2.36. The molecule has 3 aliphatic heterocycles.